The Hall–Kier alpha value is -1.13. The number of halogens is 2. The minimum absolute atomic E-state index is 0. The van der Waals surface area contributed by atoms with Gasteiger partial charge in [-0.25, -0.2) is 4.39 Å². The second-order valence-electron chi connectivity index (χ2n) is 3.10. The summed E-state index contributed by atoms with van der Waals surface area (Å²) in [6.45, 7) is 2.13. The Balaban J connectivity index is 0.00000225. The Morgan fingerprint density at radius 2 is 2.25 bits per heavy atom. The minimum Gasteiger partial charge on any atom is -0.465 e. The molecule has 1 atom stereocenters. The summed E-state index contributed by atoms with van der Waals surface area (Å²) < 4.78 is 17.8. The molecule has 16 heavy (non-hydrogen) atoms. The van der Waals surface area contributed by atoms with Crippen LogP contribution < -0.4 is 5.73 Å². The standard InChI is InChI=1S/C11H14FNO2.ClH/c1-2-15-11(14)10(7-13)8-4-3-5-9(12)6-8;/h3-6,10H,2,7,13H2,1H3;1H. The lowest BCUT2D eigenvalue weighted by Gasteiger charge is -2.13. The maximum Gasteiger partial charge on any atom is 0.314 e. The van der Waals surface area contributed by atoms with Crippen molar-refractivity contribution in [1.29, 1.82) is 0 Å². The van der Waals surface area contributed by atoms with E-state index in [9.17, 15) is 9.18 Å². The Morgan fingerprint density at radius 3 is 2.75 bits per heavy atom. The van der Waals surface area contributed by atoms with Crippen molar-refractivity contribution in [2.45, 2.75) is 12.8 Å². The lowest BCUT2D eigenvalue weighted by molar-refractivity contribution is -0.144. The number of rotatable bonds is 4. The van der Waals surface area contributed by atoms with Crippen molar-refractivity contribution in [3.63, 3.8) is 0 Å². The zero-order valence-corrected chi connectivity index (χ0v) is 9.80. The lowest BCUT2D eigenvalue weighted by Crippen LogP contribution is -2.23. The molecule has 1 aromatic carbocycles. The topological polar surface area (TPSA) is 52.3 Å². The highest BCUT2D eigenvalue weighted by molar-refractivity contribution is 5.85. The quantitative estimate of drug-likeness (QED) is 0.827. The lowest BCUT2D eigenvalue weighted by atomic mass is 9.99. The number of hydrogen-bond acceptors (Lipinski definition) is 3. The van der Waals surface area contributed by atoms with E-state index in [0.29, 0.717) is 12.2 Å². The Kier molecular flexibility index (Phi) is 6.69. The maximum atomic E-state index is 12.9. The van der Waals surface area contributed by atoms with Gasteiger partial charge in [-0.15, -0.1) is 12.4 Å². The predicted octanol–water partition coefficient (Wildman–Crippen LogP) is 1.85. The van der Waals surface area contributed by atoms with Gasteiger partial charge in [-0.2, -0.15) is 0 Å². The molecule has 0 heterocycles. The van der Waals surface area contributed by atoms with Crippen molar-refractivity contribution in [3.8, 4) is 0 Å². The summed E-state index contributed by atoms with van der Waals surface area (Å²) in [6.07, 6.45) is 0. The van der Waals surface area contributed by atoms with Gasteiger partial charge >= 0.3 is 5.97 Å². The number of carbonyl (C=O) groups is 1. The van der Waals surface area contributed by atoms with E-state index in [2.05, 4.69) is 0 Å². The summed E-state index contributed by atoms with van der Waals surface area (Å²) in [6, 6.07) is 5.83. The number of carbonyl (C=O) groups excluding carboxylic acids is 1. The van der Waals surface area contributed by atoms with E-state index in [0.717, 1.165) is 0 Å². The van der Waals surface area contributed by atoms with E-state index in [1.54, 1.807) is 19.1 Å². The molecule has 1 aromatic rings. The zero-order chi connectivity index (χ0) is 11.3. The maximum absolute atomic E-state index is 12.9. The molecule has 1 rings (SSSR count). The molecule has 0 saturated carbocycles. The molecule has 0 aliphatic carbocycles. The van der Waals surface area contributed by atoms with Crippen molar-refractivity contribution in [1.82, 2.24) is 0 Å². The van der Waals surface area contributed by atoms with Crippen LogP contribution in [-0.4, -0.2) is 19.1 Å². The van der Waals surface area contributed by atoms with Crippen LogP contribution in [-0.2, 0) is 9.53 Å². The summed E-state index contributed by atoms with van der Waals surface area (Å²) in [5.41, 5.74) is 6.01. The van der Waals surface area contributed by atoms with Crippen LogP contribution in [0, 0.1) is 5.82 Å². The third-order valence-electron chi connectivity index (χ3n) is 2.06. The van der Waals surface area contributed by atoms with E-state index >= 15 is 0 Å². The molecule has 2 N–H and O–H groups in total. The highest BCUT2D eigenvalue weighted by Crippen LogP contribution is 2.17. The van der Waals surface area contributed by atoms with E-state index in [4.69, 9.17) is 10.5 Å². The average molecular weight is 248 g/mol. The van der Waals surface area contributed by atoms with Gasteiger partial charge in [0.1, 0.15) is 5.82 Å². The van der Waals surface area contributed by atoms with Crippen molar-refractivity contribution in [2.75, 3.05) is 13.2 Å². The molecule has 90 valence electrons. The third kappa shape index (κ3) is 3.79. The highest BCUT2D eigenvalue weighted by Gasteiger charge is 2.20. The molecule has 0 aromatic heterocycles. The molecule has 1 unspecified atom stereocenters. The molecular formula is C11H15ClFNO2. The first-order valence-corrected chi connectivity index (χ1v) is 4.81. The van der Waals surface area contributed by atoms with Gasteiger partial charge in [-0.3, -0.25) is 4.79 Å². The van der Waals surface area contributed by atoms with Crippen molar-refractivity contribution >= 4 is 18.4 Å². The first-order valence-electron chi connectivity index (χ1n) is 4.81. The largest absolute Gasteiger partial charge is 0.465 e. The van der Waals surface area contributed by atoms with Crippen LogP contribution in [0.4, 0.5) is 4.39 Å². The Bertz CT molecular complexity index is 347. The molecule has 0 saturated heterocycles. The SMILES string of the molecule is CCOC(=O)C(CN)c1cccc(F)c1.Cl. The van der Waals surface area contributed by atoms with Gasteiger partial charge in [0, 0.05) is 6.54 Å². The van der Waals surface area contributed by atoms with Gasteiger partial charge in [0.05, 0.1) is 12.5 Å². The van der Waals surface area contributed by atoms with Crippen LogP contribution in [0.15, 0.2) is 24.3 Å². The summed E-state index contributed by atoms with van der Waals surface area (Å²) in [4.78, 5) is 11.5. The Morgan fingerprint density at radius 1 is 1.56 bits per heavy atom. The summed E-state index contributed by atoms with van der Waals surface area (Å²) in [5, 5.41) is 0. The van der Waals surface area contributed by atoms with E-state index in [1.807, 2.05) is 0 Å². The Labute approximate surface area is 100 Å². The van der Waals surface area contributed by atoms with Crippen LogP contribution in [0.25, 0.3) is 0 Å². The summed E-state index contributed by atoms with van der Waals surface area (Å²) in [5.74, 6) is -1.37. The third-order valence-corrected chi connectivity index (χ3v) is 2.06. The molecule has 0 aliphatic heterocycles. The molecule has 5 heteroatoms. The smallest absolute Gasteiger partial charge is 0.314 e. The molecule has 0 fully saturated rings. The summed E-state index contributed by atoms with van der Waals surface area (Å²) >= 11 is 0. The monoisotopic (exact) mass is 247 g/mol. The molecule has 0 amide bonds. The molecule has 3 nitrogen and oxygen atoms in total. The fourth-order valence-corrected chi connectivity index (χ4v) is 1.33. The first kappa shape index (κ1) is 14.9. The van der Waals surface area contributed by atoms with Crippen LogP contribution in [0.3, 0.4) is 0 Å². The van der Waals surface area contributed by atoms with Crippen LogP contribution in [0.2, 0.25) is 0 Å². The second-order valence-corrected chi connectivity index (χ2v) is 3.10. The normalized spacial score (nSPS) is 11.4. The number of ether oxygens (including phenoxy) is 1. The van der Waals surface area contributed by atoms with E-state index < -0.39 is 11.9 Å². The molecule has 0 aliphatic rings. The van der Waals surface area contributed by atoms with Crippen LogP contribution in [0.1, 0.15) is 18.4 Å². The van der Waals surface area contributed by atoms with Crippen molar-refractivity contribution in [3.05, 3.63) is 35.6 Å². The van der Waals surface area contributed by atoms with Crippen molar-refractivity contribution in [2.24, 2.45) is 5.73 Å². The number of benzene rings is 1. The van der Waals surface area contributed by atoms with Crippen LogP contribution >= 0.6 is 12.4 Å². The summed E-state index contributed by atoms with van der Waals surface area (Å²) in [7, 11) is 0. The molecule has 0 bridgehead atoms. The molecular weight excluding hydrogens is 233 g/mol. The predicted molar refractivity (Wildman–Crippen MR) is 62.1 cm³/mol. The number of esters is 1. The fourth-order valence-electron chi connectivity index (χ4n) is 1.33. The first-order chi connectivity index (χ1) is 7.19. The minimum atomic E-state index is -0.583. The van der Waals surface area contributed by atoms with Gasteiger partial charge < -0.3 is 10.5 Å². The molecule has 0 spiro atoms. The highest BCUT2D eigenvalue weighted by atomic mass is 35.5. The number of hydrogen-bond donors (Lipinski definition) is 1. The average Bonchev–Trinajstić information content (AvgIpc) is 2.19. The van der Waals surface area contributed by atoms with Gasteiger partial charge in [0.15, 0.2) is 0 Å². The van der Waals surface area contributed by atoms with E-state index in [-0.39, 0.29) is 24.8 Å². The van der Waals surface area contributed by atoms with Gasteiger partial charge in [0.2, 0.25) is 0 Å². The van der Waals surface area contributed by atoms with E-state index in [1.165, 1.54) is 12.1 Å². The second kappa shape index (κ2) is 7.19. The zero-order valence-electron chi connectivity index (χ0n) is 8.98. The molecule has 0 radical (unpaired) electrons. The van der Waals surface area contributed by atoms with Gasteiger partial charge in [-0.05, 0) is 24.6 Å². The van der Waals surface area contributed by atoms with Gasteiger partial charge in [-0.1, -0.05) is 12.1 Å². The van der Waals surface area contributed by atoms with Crippen molar-refractivity contribution < 1.29 is 13.9 Å². The fraction of sp³-hybridized carbons (Fsp3) is 0.364. The number of nitrogens with two attached hydrogens (primary N) is 1. The van der Waals surface area contributed by atoms with Gasteiger partial charge in [0.25, 0.3) is 0 Å². The van der Waals surface area contributed by atoms with Crippen LogP contribution in [0.5, 0.6) is 0 Å².